The van der Waals surface area contributed by atoms with Crippen LogP contribution >= 0.6 is 0 Å². The number of sulfonamides is 1. The van der Waals surface area contributed by atoms with Gasteiger partial charge in [0.05, 0.1) is 10.9 Å². The third-order valence-corrected chi connectivity index (χ3v) is 7.73. The van der Waals surface area contributed by atoms with Gasteiger partial charge in [-0.3, -0.25) is 4.79 Å². The molecule has 4 rings (SSSR count). The predicted molar refractivity (Wildman–Crippen MR) is 137 cm³/mol. The zero-order chi connectivity index (χ0) is 28.6. The van der Waals surface area contributed by atoms with Gasteiger partial charge in [-0.25, -0.2) is 13.1 Å². The number of amides is 1. The second-order valence-electron chi connectivity index (χ2n) is 9.53. The van der Waals surface area contributed by atoms with Gasteiger partial charge in [0.1, 0.15) is 23.2 Å². The first kappa shape index (κ1) is 28.4. The van der Waals surface area contributed by atoms with E-state index in [1.807, 2.05) is 6.92 Å². The van der Waals surface area contributed by atoms with Crippen LogP contribution in [0.15, 0.2) is 71.6 Å². The van der Waals surface area contributed by atoms with Crippen LogP contribution in [0.5, 0.6) is 11.5 Å². The monoisotopic (exact) mass is 564 g/mol. The normalized spacial score (nSPS) is 18.5. The lowest BCUT2D eigenvalue weighted by molar-refractivity contribution is -0.274. The van der Waals surface area contributed by atoms with Crippen molar-refractivity contribution in [3.63, 3.8) is 0 Å². The minimum atomic E-state index is -4.84. The second-order valence-corrected chi connectivity index (χ2v) is 11.2. The van der Waals surface area contributed by atoms with E-state index in [1.54, 1.807) is 26.0 Å². The highest BCUT2D eigenvalue weighted by Crippen LogP contribution is 2.41. The number of rotatable bonds is 7. The summed E-state index contributed by atoms with van der Waals surface area (Å²) >= 11 is 0. The van der Waals surface area contributed by atoms with Crippen molar-refractivity contribution in [1.29, 1.82) is 0 Å². The van der Waals surface area contributed by atoms with Crippen molar-refractivity contribution in [2.75, 3.05) is 5.32 Å². The quantitative estimate of drug-likeness (QED) is 0.374. The molecule has 0 spiro atoms. The van der Waals surface area contributed by atoms with Crippen molar-refractivity contribution < 1.29 is 41.0 Å². The smallest absolute Gasteiger partial charge is 0.485 e. The van der Waals surface area contributed by atoms with Crippen LogP contribution in [0.25, 0.3) is 0 Å². The molecule has 1 aliphatic heterocycles. The molecular formula is C27H27F3N2O6S. The van der Waals surface area contributed by atoms with Crippen molar-refractivity contribution in [3.05, 3.63) is 83.4 Å². The molecule has 2 atom stereocenters. The molecule has 0 fully saturated rings. The Hall–Kier alpha value is -3.61. The Morgan fingerprint density at radius 3 is 2.28 bits per heavy atom. The minimum Gasteiger partial charge on any atom is -0.485 e. The highest BCUT2D eigenvalue weighted by molar-refractivity contribution is 7.89. The average Bonchev–Trinajstić information content (AvgIpc) is 2.86. The van der Waals surface area contributed by atoms with E-state index in [2.05, 4.69) is 14.8 Å². The van der Waals surface area contributed by atoms with Crippen molar-refractivity contribution >= 4 is 21.6 Å². The van der Waals surface area contributed by atoms with E-state index in [0.29, 0.717) is 0 Å². The van der Waals surface area contributed by atoms with Crippen molar-refractivity contribution in [2.24, 2.45) is 0 Å². The summed E-state index contributed by atoms with van der Waals surface area (Å²) in [6.07, 6.45) is -5.41. The number of fused-ring (bicyclic) bond motifs is 1. The maximum absolute atomic E-state index is 13.2. The molecule has 0 unspecified atom stereocenters. The Bertz CT molecular complexity index is 1460. The maximum Gasteiger partial charge on any atom is 0.573 e. The van der Waals surface area contributed by atoms with Crippen LogP contribution in [-0.2, 0) is 16.4 Å². The first-order valence-electron chi connectivity index (χ1n) is 12.0. The highest BCUT2D eigenvalue weighted by Gasteiger charge is 2.45. The molecule has 0 aromatic heterocycles. The SMILES string of the molecule is CCc1ccc(S(=O)(=O)N[C@@H]2c3cc(C(=O)Nc4ccc(OC(F)(F)F)cc4)ccc3OC(C)(C)[C@H]2O)cc1. The zero-order valence-electron chi connectivity index (χ0n) is 21.2. The van der Waals surface area contributed by atoms with Gasteiger partial charge in [0.15, 0.2) is 0 Å². The molecule has 3 aromatic carbocycles. The standard InChI is InChI=1S/C27H27F3N2O6S/c1-4-16-5-12-20(13-6-16)39(35,36)32-23-21-15-17(7-14-22(21)38-26(2,3)24(23)33)25(34)31-18-8-10-19(11-9-18)37-27(28,29)30/h5-15,23-24,32-33H,4H2,1-3H3,(H,31,34)/t23-,24+/m1/s1. The number of hydrogen-bond acceptors (Lipinski definition) is 6. The number of nitrogens with one attached hydrogen (secondary N) is 2. The van der Waals surface area contributed by atoms with E-state index in [0.717, 1.165) is 24.1 Å². The van der Waals surface area contributed by atoms with Crippen molar-refractivity contribution in [3.8, 4) is 11.5 Å². The molecule has 0 saturated heterocycles. The van der Waals surface area contributed by atoms with Gasteiger partial charge in [-0.05, 0) is 80.4 Å². The fourth-order valence-corrected chi connectivity index (χ4v) is 5.37. The number of ether oxygens (including phenoxy) is 2. The summed E-state index contributed by atoms with van der Waals surface area (Å²) in [5.74, 6) is -0.773. The van der Waals surface area contributed by atoms with E-state index in [9.17, 15) is 31.5 Å². The molecule has 1 aliphatic rings. The summed E-state index contributed by atoms with van der Waals surface area (Å²) in [6, 6.07) is 14.2. The van der Waals surface area contributed by atoms with Crippen LogP contribution < -0.4 is 19.5 Å². The fraction of sp³-hybridized carbons (Fsp3) is 0.296. The molecule has 3 N–H and O–H groups in total. The third kappa shape index (κ3) is 6.52. The van der Waals surface area contributed by atoms with Gasteiger partial charge in [-0.2, -0.15) is 0 Å². The molecule has 0 radical (unpaired) electrons. The van der Waals surface area contributed by atoms with Crippen LogP contribution in [0, 0.1) is 0 Å². The summed E-state index contributed by atoms with van der Waals surface area (Å²) < 4.78 is 75.9. The zero-order valence-corrected chi connectivity index (χ0v) is 22.1. The number of carbonyl (C=O) groups is 1. The third-order valence-electron chi connectivity index (χ3n) is 6.28. The van der Waals surface area contributed by atoms with Crippen LogP contribution in [-0.4, -0.2) is 37.5 Å². The van der Waals surface area contributed by atoms with Crippen LogP contribution in [0.3, 0.4) is 0 Å². The Morgan fingerprint density at radius 2 is 1.69 bits per heavy atom. The number of anilines is 1. The Kier molecular flexibility index (Phi) is 7.66. The summed E-state index contributed by atoms with van der Waals surface area (Å²) in [4.78, 5) is 13.0. The highest BCUT2D eigenvalue weighted by atomic mass is 32.2. The van der Waals surface area contributed by atoms with Crippen molar-refractivity contribution in [2.45, 2.75) is 56.2 Å². The topological polar surface area (TPSA) is 114 Å². The average molecular weight is 565 g/mol. The number of aliphatic hydroxyl groups is 1. The molecule has 0 aliphatic carbocycles. The molecule has 1 amide bonds. The summed E-state index contributed by atoms with van der Waals surface area (Å²) in [7, 11) is -4.07. The van der Waals surface area contributed by atoms with E-state index in [-0.39, 0.29) is 27.5 Å². The van der Waals surface area contributed by atoms with Gasteiger partial charge in [-0.1, -0.05) is 19.1 Å². The molecule has 12 heteroatoms. The van der Waals surface area contributed by atoms with Gasteiger partial charge in [-0.15, -0.1) is 13.2 Å². The van der Waals surface area contributed by atoms with E-state index >= 15 is 0 Å². The number of halogens is 3. The van der Waals surface area contributed by atoms with E-state index in [4.69, 9.17) is 4.74 Å². The van der Waals surface area contributed by atoms with Gasteiger partial charge in [0.2, 0.25) is 10.0 Å². The molecule has 39 heavy (non-hydrogen) atoms. The van der Waals surface area contributed by atoms with Gasteiger partial charge in [0.25, 0.3) is 5.91 Å². The fourth-order valence-electron chi connectivity index (χ4n) is 4.15. The van der Waals surface area contributed by atoms with Crippen LogP contribution in [0.1, 0.15) is 48.3 Å². The second kappa shape index (κ2) is 10.5. The largest absolute Gasteiger partial charge is 0.573 e. The molecule has 0 bridgehead atoms. The lowest BCUT2D eigenvalue weighted by atomic mass is 9.86. The maximum atomic E-state index is 13.2. The first-order valence-corrected chi connectivity index (χ1v) is 13.5. The van der Waals surface area contributed by atoms with Crippen LogP contribution in [0.4, 0.5) is 18.9 Å². The first-order chi connectivity index (χ1) is 18.2. The van der Waals surface area contributed by atoms with Gasteiger partial charge in [0, 0.05) is 16.8 Å². The minimum absolute atomic E-state index is 0.0181. The molecule has 3 aromatic rings. The number of benzene rings is 3. The number of carbonyl (C=O) groups excluding carboxylic acids is 1. The van der Waals surface area contributed by atoms with Crippen LogP contribution in [0.2, 0.25) is 0 Å². The summed E-state index contributed by atoms with van der Waals surface area (Å²) in [5, 5.41) is 13.6. The number of aliphatic hydroxyl groups excluding tert-OH is 1. The Labute approximate surface area is 223 Å². The van der Waals surface area contributed by atoms with E-state index < -0.39 is 45.8 Å². The number of aryl methyl sites for hydroxylation is 1. The molecule has 0 saturated carbocycles. The molecule has 8 nitrogen and oxygen atoms in total. The summed E-state index contributed by atoms with van der Waals surface area (Å²) in [5.41, 5.74) is 0.367. The lowest BCUT2D eigenvalue weighted by Crippen LogP contribution is -2.53. The number of hydrogen-bond donors (Lipinski definition) is 3. The number of alkyl halides is 3. The van der Waals surface area contributed by atoms with Gasteiger partial charge >= 0.3 is 6.36 Å². The Balaban J connectivity index is 1.60. The molecular weight excluding hydrogens is 537 g/mol. The van der Waals surface area contributed by atoms with E-state index in [1.165, 1.54) is 42.5 Å². The van der Waals surface area contributed by atoms with Crippen molar-refractivity contribution in [1.82, 2.24) is 4.72 Å². The molecule has 1 heterocycles. The summed E-state index contributed by atoms with van der Waals surface area (Å²) in [6.45, 7) is 5.18. The predicted octanol–water partition coefficient (Wildman–Crippen LogP) is 4.95. The molecule has 208 valence electrons. The lowest BCUT2D eigenvalue weighted by Gasteiger charge is -2.42. The van der Waals surface area contributed by atoms with Gasteiger partial charge < -0.3 is 19.9 Å². The Morgan fingerprint density at radius 1 is 1.05 bits per heavy atom.